The molecule has 0 saturated heterocycles. The second-order valence-electron chi connectivity index (χ2n) is 3.49. The van der Waals surface area contributed by atoms with E-state index in [2.05, 4.69) is 54.0 Å². The normalized spacial score (nSPS) is 12.8. The lowest BCUT2D eigenvalue weighted by atomic mass is 9.93. The van der Waals surface area contributed by atoms with Crippen molar-refractivity contribution >= 4 is 15.9 Å². The van der Waals surface area contributed by atoms with Gasteiger partial charge in [-0.25, -0.2) is 0 Å². The maximum absolute atomic E-state index is 3.50. The maximum Gasteiger partial charge on any atom is 0.00371 e. The van der Waals surface area contributed by atoms with Crippen LogP contribution in [0, 0.1) is 6.92 Å². The molecule has 0 heterocycles. The van der Waals surface area contributed by atoms with E-state index >= 15 is 0 Å². The lowest BCUT2D eigenvalue weighted by molar-refractivity contribution is 0.649. The molecule has 0 N–H and O–H groups in total. The maximum atomic E-state index is 3.50. The standard InChI is InChI=1S/C12H17Br/c1-3-11(8-9-13)12-6-4-10(2)5-7-12/h4-7,11H,3,8-9H2,1-2H3. The zero-order valence-corrected chi connectivity index (χ0v) is 9.97. The van der Waals surface area contributed by atoms with Gasteiger partial charge in [-0.2, -0.15) is 0 Å². The van der Waals surface area contributed by atoms with Gasteiger partial charge in [0.05, 0.1) is 0 Å². The highest BCUT2D eigenvalue weighted by Crippen LogP contribution is 2.23. The molecule has 1 heteroatoms. The second kappa shape index (κ2) is 5.43. The molecule has 1 aromatic rings. The number of hydrogen-bond donors (Lipinski definition) is 0. The topological polar surface area (TPSA) is 0 Å². The first kappa shape index (κ1) is 10.8. The van der Waals surface area contributed by atoms with Crippen LogP contribution in [0.15, 0.2) is 24.3 Å². The molecule has 0 aromatic heterocycles. The average Bonchev–Trinajstić information content (AvgIpc) is 2.16. The van der Waals surface area contributed by atoms with Gasteiger partial charge in [-0.3, -0.25) is 0 Å². The summed E-state index contributed by atoms with van der Waals surface area (Å²) in [4.78, 5) is 0. The highest BCUT2D eigenvalue weighted by Gasteiger charge is 2.07. The van der Waals surface area contributed by atoms with E-state index in [9.17, 15) is 0 Å². The van der Waals surface area contributed by atoms with Crippen LogP contribution in [0.4, 0.5) is 0 Å². The van der Waals surface area contributed by atoms with Crippen LogP contribution in [-0.4, -0.2) is 5.33 Å². The van der Waals surface area contributed by atoms with Crippen molar-refractivity contribution < 1.29 is 0 Å². The third kappa shape index (κ3) is 3.15. The first-order valence-corrected chi connectivity index (χ1v) is 6.02. The van der Waals surface area contributed by atoms with Crippen LogP contribution < -0.4 is 0 Å². The zero-order chi connectivity index (χ0) is 9.68. The molecule has 0 aliphatic rings. The predicted octanol–water partition coefficient (Wildman–Crippen LogP) is 4.27. The average molecular weight is 241 g/mol. The number of halogens is 1. The molecular weight excluding hydrogens is 224 g/mol. The Balaban J connectivity index is 2.73. The Labute approximate surface area is 89.5 Å². The summed E-state index contributed by atoms with van der Waals surface area (Å²) in [6, 6.07) is 8.91. The van der Waals surface area contributed by atoms with E-state index in [-0.39, 0.29) is 0 Å². The quantitative estimate of drug-likeness (QED) is 0.690. The molecule has 0 nitrogen and oxygen atoms in total. The first-order chi connectivity index (χ1) is 6.27. The van der Waals surface area contributed by atoms with Crippen molar-refractivity contribution in [2.75, 3.05) is 5.33 Å². The summed E-state index contributed by atoms with van der Waals surface area (Å²) in [5.41, 5.74) is 2.82. The molecule has 1 atom stereocenters. The molecule has 0 aliphatic carbocycles. The summed E-state index contributed by atoms with van der Waals surface area (Å²) in [5.74, 6) is 0.722. The molecule has 0 aliphatic heterocycles. The minimum atomic E-state index is 0.722. The van der Waals surface area contributed by atoms with Gasteiger partial charge in [-0.15, -0.1) is 0 Å². The van der Waals surface area contributed by atoms with Crippen molar-refractivity contribution in [3.63, 3.8) is 0 Å². The van der Waals surface area contributed by atoms with E-state index in [1.165, 1.54) is 24.0 Å². The lowest BCUT2D eigenvalue weighted by Crippen LogP contribution is -1.97. The molecule has 13 heavy (non-hydrogen) atoms. The number of aryl methyl sites for hydroxylation is 1. The van der Waals surface area contributed by atoms with Crippen molar-refractivity contribution in [2.45, 2.75) is 32.6 Å². The predicted molar refractivity (Wildman–Crippen MR) is 62.6 cm³/mol. The largest absolute Gasteiger partial charge is 0.0928 e. The minimum Gasteiger partial charge on any atom is -0.0928 e. The van der Waals surface area contributed by atoms with Crippen molar-refractivity contribution in [1.82, 2.24) is 0 Å². The van der Waals surface area contributed by atoms with Crippen molar-refractivity contribution in [2.24, 2.45) is 0 Å². The fourth-order valence-electron chi connectivity index (χ4n) is 1.58. The van der Waals surface area contributed by atoms with Crippen LogP contribution in [-0.2, 0) is 0 Å². The Morgan fingerprint density at radius 2 is 1.85 bits per heavy atom. The Hall–Kier alpha value is -0.300. The Bertz CT molecular complexity index is 238. The molecule has 0 saturated carbocycles. The fourth-order valence-corrected chi connectivity index (χ4v) is 2.13. The first-order valence-electron chi connectivity index (χ1n) is 4.90. The SMILES string of the molecule is CCC(CCBr)c1ccc(C)cc1. The van der Waals surface area contributed by atoms with Crippen LogP contribution in [0.1, 0.15) is 36.8 Å². The van der Waals surface area contributed by atoms with Crippen LogP contribution in [0.3, 0.4) is 0 Å². The van der Waals surface area contributed by atoms with Gasteiger partial charge in [0.1, 0.15) is 0 Å². The number of alkyl halides is 1. The van der Waals surface area contributed by atoms with Crippen LogP contribution in [0.25, 0.3) is 0 Å². The monoisotopic (exact) mass is 240 g/mol. The number of hydrogen-bond acceptors (Lipinski definition) is 0. The molecular formula is C12H17Br. The van der Waals surface area contributed by atoms with Crippen molar-refractivity contribution in [3.8, 4) is 0 Å². The molecule has 0 bridgehead atoms. The minimum absolute atomic E-state index is 0.722. The third-order valence-corrected chi connectivity index (χ3v) is 2.96. The third-order valence-electron chi connectivity index (χ3n) is 2.50. The van der Waals surface area contributed by atoms with Crippen molar-refractivity contribution in [3.05, 3.63) is 35.4 Å². The van der Waals surface area contributed by atoms with Gasteiger partial charge in [0.2, 0.25) is 0 Å². The van der Waals surface area contributed by atoms with Gasteiger partial charge in [0.25, 0.3) is 0 Å². The lowest BCUT2D eigenvalue weighted by Gasteiger charge is -2.13. The molecule has 1 rings (SSSR count). The van der Waals surface area contributed by atoms with E-state index in [0.29, 0.717) is 0 Å². The molecule has 0 amide bonds. The number of benzene rings is 1. The summed E-state index contributed by atoms with van der Waals surface area (Å²) in [6.07, 6.45) is 2.47. The second-order valence-corrected chi connectivity index (χ2v) is 4.29. The van der Waals surface area contributed by atoms with Gasteiger partial charge in [0.15, 0.2) is 0 Å². The summed E-state index contributed by atoms with van der Waals surface area (Å²) in [7, 11) is 0. The van der Waals surface area contributed by atoms with Crippen molar-refractivity contribution in [1.29, 1.82) is 0 Å². The highest BCUT2D eigenvalue weighted by molar-refractivity contribution is 9.09. The van der Waals surface area contributed by atoms with E-state index in [4.69, 9.17) is 0 Å². The van der Waals surface area contributed by atoms with Gasteiger partial charge in [-0.05, 0) is 31.2 Å². The molecule has 72 valence electrons. The molecule has 0 spiro atoms. The van der Waals surface area contributed by atoms with Gasteiger partial charge in [0, 0.05) is 5.33 Å². The fraction of sp³-hybridized carbons (Fsp3) is 0.500. The summed E-state index contributed by atoms with van der Waals surface area (Å²) < 4.78 is 0. The summed E-state index contributed by atoms with van der Waals surface area (Å²) in [5, 5.41) is 1.10. The van der Waals surface area contributed by atoms with E-state index < -0.39 is 0 Å². The van der Waals surface area contributed by atoms with Gasteiger partial charge < -0.3 is 0 Å². The van der Waals surface area contributed by atoms with E-state index in [1.807, 2.05) is 0 Å². The van der Waals surface area contributed by atoms with Crippen LogP contribution in [0.5, 0.6) is 0 Å². The molecule has 1 unspecified atom stereocenters. The number of rotatable bonds is 4. The Kier molecular flexibility index (Phi) is 4.51. The highest BCUT2D eigenvalue weighted by atomic mass is 79.9. The smallest absolute Gasteiger partial charge is 0.00371 e. The van der Waals surface area contributed by atoms with Crippen LogP contribution in [0.2, 0.25) is 0 Å². The molecule has 0 radical (unpaired) electrons. The van der Waals surface area contributed by atoms with E-state index in [0.717, 1.165) is 11.2 Å². The van der Waals surface area contributed by atoms with Gasteiger partial charge in [-0.1, -0.05) is 52.7 Å². The zero-order valence-electron chi connectivity index (χ0n) is 8.39. The summed E-state index contributed by atoms with van der Waals surface area (Å²) >= 11 is 3.50. The van der Waals surface area contributed by atoms with Crippen LogP contribution >= 0.6 is 15.9 Å². The Morgan fingerprint density at radius 1 is 1.23 bits per heavy atom. The molecule has 0 fully saturated rings. The molecule has 1 aromatic carbocycles. The van der Waals surface area contributed by atoms with Gasteiger partial charge >= 0.3 is 0 Å². The summed E-state index contributed by atoms with van der Waals surface area (Å²) in [6.45, 7) is 4.39. The Morgan fingerprint density at radius 3 is 2.31 bits per heavy atom. The van der Waals surface area contributed by atoms with E-state index in [1.54, 1.807) is 0 Å².